The molecule has 4 heteroatoms. The molecule has 0 N–H and O–H groups in total. The Bertz CT molecular complexity index is 313. The SMILES string of the molecule is CCC1CCC(Cl)C(CCCS(=O)(=O)CC)C1. The van der Waals surface area contributed by atoms with Crippen molar-refractivity contribution >= 4 is 21.4 Å². The molecule has 0 aliphatic heterocycles. The molecule has 0 saturated heterocycles. The van der Waals surface area contributed by atoms with Crippen LogP contribution in [-0.2, 0) is 9.84 Å². The van der Waals surface area contributed by atoms with Crippen LogP contribution in [0.15, 0.2) is 0 Å². The molecule has 1 fully saturated rings. The monoisotopic (exact) mass is 280 g/mol. The molecule has 0 aromatic carbocycles. The maximum Gasteiger partial charge on any atom is 0.150 e. The molecule has 0 spiro atoms. The third-order valence-corrected chi connectivity index (χ3v) is 6.41. The highest BCUT2D eigenvalue weighted by Crippen LogP contribution is 2.36. The summed E-state index contributed by atoms with van der Waals surface area (Å²) in [5, 5.41) is 0.266. The molecule has 0 aromatic rings. The van der Waals surface area contributed by atoms with Crippen molar-refractivity contribution in [1.82, 2.24) is 0 Å². The van der Waals surface area contributed by atoms with Gasteiger partial charge in [0.25, 0.3) is 0 Å². The smallest absolute Gasteiger partial charge is 0.150 e. The lowest BCUT2D eigenvalue weighted by molar-refractivity contribution is 0.253. The summed E-state index contributed by atoms with van der Waals surface area (Å²) in [4.78, 5) is 0. The first-order valence-corrected chi connectivity index (χ1v) is 9.08. The Hall–Kier alpha value is 0.240. The zero-order valence-electron chi connectivity index (χ0n) is 11.0. The van der Waals surface area contributed by atoms with Crippen LogP contribution in [0.4, 0.5) is 0 Å². The van der Waals surface area contributed by atoms with E-state index < -0.39 is 9.84 Å². The van der Waals surface area contributed by atoms with E-state index in [4.69, 9.17) is 11.6 Å². The molecule has 3 atom stereocenters. The molecule has 0 bridgehead atoms. The molecule has 3 unspecified atom stereocenters. The first-order valence-electron chi connectivity index (χ1n) is 6.83. The van der Waals surface area contributed by atoms with Crippen LogP contribution in [0.2, 0.25) is 0 Å². The average Bonchev–Trinajstić information content (AvgIpc) is 2.31. The van der Waals surface area contributed by atoms with Gasteiger partial charge in [-0.05, 0) is 43.9 Å². The van der Waals surface area contributed by atoms with E-state index in [1.165, 1.54) is 19.3 Å². The van der Waals surface area contributed by atoms with Crippen LogP contribution in [0.3, 0.4) is 0 Å². The summed E-state index contributed by atoms with van der Waals surface area (Å²) >= 11 is 6.34. The van der Waals surface area contributed by atoms with E-state index >= 15 is 0 Å². The maximum absolute atomic E-state index is 11.4. The number of hydrogen-bond donors (Lipinski definition) is 0. The minimum Gasteiger partial charge on any atom is -0.229 e. The highest BCUT2D eigenvalue weighted by atomic mass is 35.5. The molecule has 0 heterocycles. The number of sulfone groups is 1. The fourth-order valence-electron chi connectivity index (χ4n) is 2.70. The quantitative estimate of drug-likeness (QED) is 0.696. The van der Waals surface area contributed by atoms with E-state index in [9.17, 15) is 8.42 Å². The second-order valence-electron chi connectivity index (χ2n) is 5.24. The van der Waals surface area contributed by atoms with Gasteiger partial charge in [-0.3, -0.25) is 0 Å². The lowest BCUT2D eigenvalue weighted by Gasteiger charge is -2.32. The van der Waals surface area contributed by atoms with Crippen LogP contribution >= 0.6 is 11.6 Å². The van der Waals surface area contributed by atoms with Gasteiger partial charge in [-0.15, -0.1) is 11.6 Å². The van der Waals surface area contributed by atoms with Crippen LogP contribution in [0.5, 0.6) is 0 Å². The van der Waals surface area contributed by atoms with Gasteiger partial charge < -0.3 is 0 Å². The number of rotatable bonds is 6. The second kappa shape index (κ2) is 6.98. The van der Waals surface area contributed by atoms with Gasteiger partial charge in [0.05, 0.1) is 5.75 Å². The summed E-state index contributed by atoms with van der Waals surface area (Å²) in [6, 6.07) is 0. The summed E-state index contributed by atoms with van der Waals surface area (Å²) in [6.07, 6.45) is 6.52. The van der Waals surface area contributed by atoms with Crippen LogP contribution in [-0.4, -0.2) is 25.3 Å². The predicted octanol–water partition coefficient (Wildman–Crippen LogP) is 3.64. The van der Waals surface area contributed by atoms with Crippen molar-refractivity contribution in [3.8, 4) is 0 Å². The summed E-state index contributed by atoms with van der Waals surface area (Å²) in [6.45, 7) is 3.95. The molecule has 0 radical (unpaired) electrons. The van der Waals surface area contributed by atoms with Crippen molar-refractivity contribution in [2.24, 2.45) is 11.8 Å². The van der Waals surface area contributed by atoms with Gasteiger partial charge in [0.1, 0.15) is 9.84 Å². The summed E-state index contributed by atoms with van der Waals surface area (Å²) < 4.78 is 22.8. The lowest BCUT2D eigenvalue weighted by Crippen LogP contribution is -2.25. The van der Waals surface area contributed by atoms with E-state index in [1.54, 1.807) is 6.92 Å². The molecule has 0 amide bonds. The van der Waals surface area contributed by atoms with Crippen molar-refractivity contribution in [2.45, 2.75) is 57.7 Å². The van der Waals surface area contributed by atoms with Crippen molar-refractivity contribution in [1.29, 1.82) is 0 Å². The largest absolute Gasteiger partial charge is 0.229 e. The third kappa shape index (κ3) is 5.17. The van der Waals surface area contributed by atoms with E-state index in [1.807, 2.05) is 0 Å². The van der Waals surface area contributed by atoms with E-state index in [0.717, 1.165) is 25.2 Å². The molecule has 1 saturated carbocycles. The molecule has 1 rings (SSSR count). The van der Waals surface area contributed by atoms with Crippen LogP contribution in [0.1, 0.15) is 52.4 Å². The Balaban J connectivity index is 2.34. The van der Waals surface area contributed by atoms with Crippen LogP contribution < -0.4 is 0 Å². The fourth-order valence-corrected chi connectivity index (χ4v) is 3.95. The van der Waals surface area contributed by atoms with Gasteiger partial charge in [0, 0.05) is 11.1 Å². The Labute approximate surface area is 111 Å². The standard InChI is InChI=1S/C13H25ClO2S/c1-3-11-7-8-13(14)12(10-11)6-5-9-17(15,16)4-2/h11-13H,3-10H2,1-2H3. The molecular weight excluding hydrogens is 256 g/mol. The van der Waals surface area contributed by atoms with Crippen molar-refractivity contribution in [3.05, 3.63) is 0 Å². The molecule has 0 aromatic heterocycles. The van der Waals surface area contributed by atoms with Crippen molar-refractivity contribution in [3.63, 3.8) is 0 Å². The van der Waals surface area contributed by atoms with Gasteiger partial charge in [-0.2, -0.15) is 0 Å². The molecule has 1 aliphatic carbocycles. The molecular formula is C13H25ClO2S. The number of alkyl halides is 1. The summed E-state index contributed by atoms with van der Waals surface area (Å²) in [5.41, 5.74) is 0. The average molecular weight is 281 g/mol. The molecule has 102 valence electrons. The highest BCUT2D eigenvalue weighted by Gasteiger charge is 2.28. The van der Waals surface area contributed by atoms with E-state index in [-0.39, 0.29) is 11.1 Å². The highest BCUT2D eigenvalue weighted by molar-refractivity contribution is 7.91. The Morgan fingerprint density at radius 2 is 1.94 bits per heavy atom. The zero-order valence-corrected chi connectivity index (χ0v) is 12.6. The predicted molar refractivity (Wildman–Crippen MR) is 74.3 cm³/mol. The minimum atomic E-state index is -2.80. The topological polar surface area (TPSA) is 34.1 Å². The van der Waals surface area contributed by atoms with Gasteiger partial charge >= 0.3 is 0 Å². The third-order valence-electron chi connectivity index (χ3n) is 4.05. The molecule has 17 heavy (non-hydrogen) atoms. The first-order chi connectivity index (χ1) is 7.98. The van der Waals surface area contributed by atoms with Gasteiger partial charge in [0.15, 0.2) is 0 Å². The van der Waals surface area contributed by atoms with E-state index in [2.05, 4.69) is 6.92 Å². The molecule has 2 nitrogen and oxygen atoms in total. The van der Waals surface area contributed by atoms with Gasteiger partial charge in [-0.1, -0.05) is 20.3 Å². The van der Waals surface area contributed by atoms with Gasteiger partial charge in [0.2, 0.25) is 0 Å². The van der Waals surface area contributed by atoms with Crippen molar-refractivity contribution < 1.29 is 8.42 Å². The number of hydrogen-bond acceptors (Lipinski definition) is 2. The lowest BCUT2D eigenvalue weighted by atomic mass is 9.78. The Kier molecular flexibility index (Phi) is 6.28. The Morgan fingerprint density at radius 1 is 1.24 bits per heavy atom. The van der Waals surface area contributed by atoms with E-state index in [0.29, 0.717) is 11.7 Å². The normalized spacial score (nSPS) is 30.4. The van der Waals surface area contributed by atoms with Gasteiger partial charge in [-0.25, -0.2) is 8.42 Å². The summed E-state index contributed by atoms with van der Waals surface area (Å²) in [5.74, 6) is 1.93. The maximum atomic E-state index is 11.4. The second-order valence-corrected chi connectivity index (χ2v) is 8.28. The summed E-state index contributed by atoms with van der Waals surface area (Å²) in [7, 11) is -2.80. The van der Waals surface area contributed by atoms with Crippen molar-refractivity contribution in [2.75, 3.05) is 11.5 Å². The number of halogens is 1. The first kappa shape index (κ1) is 15.3. The van der Waals surface area contributed by atoms with Crippen LogP contribution in [0.25, 0.3) is 0 Å². The fraction of sp³-hybridized carbons (Fsp3) is 1.00. The minimum absolute atomic E-state index is 0.263. The Morgan fingerprint density at radius 3 is 2.53 bits per heavy atom. The molecule has 1 aliphatic rings. The zero-order chi connectivity index (χ0) is 12.9. The van der Waals surface area contributed by atoms with Crippen LogP contribution in [0, 0.1) is 11.8 Å².